The highest BCUT2D eigenvalue weighted by Crippen LogP contribution is 2.19. The molecule has 0 saturated heterocycles. The van der Waals surface area contributed by atoms with E-state index in [1.54, 1.807) is 10.8 Å². The van der Waals surface area contributed by atoms with Gasteiger partial charge in [0.15, 0.2) is 0 Å². The molecule has 0 bridgehead atoms. The van der Waals surface area contributed by atoms with Gasteiger partial charge in [-0.25, -0.2) is 0 Å². The normalized spacial score (nSPS) is 13.7. The lowest BCUT2D eigenvalue weighted by molar-refractivity contribution is 1.06. The maximum atomic E-state index is 4.33. The molecule has 0 aromatic carbocycles. The van der Waals surface area contributed by atoms with Gasteiger partial charge in [-0.2, -0.15) is 12.6 Å². The van der Waals surface area contributed by atoms with E-state index in [4.69, 9.17) is 0 Å². The minimum Gasteiger partial charge on any atom is -0.165 e. The summed E-state index contributed by atoms with van der Waals surface area (Å²) in [6.45, 7) is 2.15. The Bertz CT molecular complexity index is 56.9. The molecule has 0 aliphatic heterocycles. The van der Waals surface area contributed by atoms with Gasteiger partial charge in [-0.05, 0) is 6.42 Å². The van der Waals surface area contributed by atoms with Crippen molar-refractivity contribution in [1.82, 2.24) is 0 Å². The topological polar surface area (TPSA) is 0 Å². The predicted molar refractivity (Wildman–Crippen MR) is 57.0 cm³/mol. The third kappa shape index (κ3) is 7.30. The van der Waals surface area contributed by atoms with Crippen LogP contribution in [0.3, 0.4) is 0 Å². The molecule has 0 radical (unpaired) electrons. The average Bonchev–Trinajstić information content (AvgIpc) is 1.89. The van der Waals surface area contributed by atoms with E-state index in [9.17, 15) is 0 Å². The molecule has 0 aliphatic rings. The SMILES string of the molecule is CCC(S)SCCSS. The fourth-order valence-electron chi connectivity index (χ4n) is 0.339. The second-order valence-corrected chi connectivity index (χ2v) is 5.29. The molecular weight excluding hydrogens is 188 g/mol. The van der Waals surface area contributed by atoms with E-state index >= 15 is 0 Å². The molecule has 0 heterocycles. The fraction of sp³-hybridized carbons (Fsp3) is 1.00. The predicted octanol–water partition coefficient (Wildman–Crippen LogP) is 2.96. The average molecular weight is 200 g/mol. The van der Waals surface area contributed by atoms with E-state index in [1.807, 2.05) is 11.8 Å². The minimum atomic E-state index is 0.519. The van der Waals surface area contributed by atoms with Crippen LogP contribution in [0, 0.1) is 0 Å². The Hall–Kier alpha value is 1.40. The minimum absolute atomic E-state index is 0.519. The van der Waals surface area contributed by atoms with E-state index in [0.29, 0.717) is 4.58 Å². The zero-order chi connectivity index (χ0) is 7.11. The van der Waals surface area contributed by atoms with Gasteiger partial charge < -0.3 is 0 Å². The fourth-order valence-corrected chi connectivity index (χ4v) is 2.52. The molecule has 0 amide bonds. The van der Waals surface area contributed by atoms with Crippen molar-refractivity contribution in [2.24, 2.45) is 0 Å². The lowest BCUT2D eigenvalue weighted by atomic mass is 10.6. The van der Waals surface area contributed by atoms with E-state index in [-0.39, 0.29) is 0 Å². The van der Waals surface area contributed by atoms with Crippen LogP contribution >= 0.6 is 46.8 Å². The smallest absolute Gasteiger partial charge is 0.0470 e. The van der Waals surface area contributed by atoms with E-state index in [2.05, 4.69) is 31.2 Å². The highest BCUT2D eigenvalue weighted by molar-refractivity contribution is 8.68. The van der Waals surface area contributed by atoms with Crippen LogP contribution in [0.1, 0.15) is 13.3 Å². The zero-order valence-electron chi connectivity index (χ0n) is 5.41. The Labute approximate surface area is 76.2 Å². The van der Waals surface area contributed by atoms with Gasteiger partial charge in [-0.3, -0.25) is 0 Å². The first-order valence-electron chi connectivity index (χ1n) is 2.87. The summed E-state index contributed by atoms with van der Waals surface area (Å²) >= 11 is 10.3. The second-order valence-electron chi connectivity index (χ2n) is 1.57. The molecular formula is C5H12S4. The highest BCUT2D eigenvalue weighted by Gasteiger charge is 1.97. The lowest BCUT2D eigenvalue weighted by Crippen LogP contribution is -1.91. The Morgan fingerprint density at radius 1 is 1.44 bits per heavy atom. The third-order valence-electron chi connectivity index (χ3n) is 0.834. The molecule has 0 fully saturated rings. The quantitative estimate of drug-likeness (QED) is 0.303. The molecule has 9 heavy (non-hydrogen) atoms. The van der Waals surface area contributed by atoms with Gasteiger partial charge in [0.2, 0.25) is 0 Å². The summed E-state index contributed by atoms with van der Waals surface area (Å²) in [5, 5.41) is 0. The molecule has 0 spiro atoms. The van der Waals surface area contributed by atoms with Crippen molar-refractivity contribution in [3.63, 3.8) is 0 Å². The monoisotopic (exact) mass is 200 g/mol. The number of thiol groups is 2. The number of hydrogen-bond acceptors (Lipinski definition) is 4. The summed E-state index contributed by atoms with van der Waals surface area (Å²) in [5.74, 6) is 2.28. The van der Waals surface area contributed by atoms with Crippen LogP contribution in [-0.4, -0.2) is 16.1 Å². The largest absolute Gasteiger partial charge is 0.165 e. The maximum Gasteiger partial charge on any atom is 0.0470 e. The van der Waals surface area contributed by atoms with Crippen molar-refractivity contribution < 1.29 is 0 Å². The third-order valence-corrected chi connectivity index (χ3v) is 4.00. The first-order valence-corrected chi connectivity index (χ1v) is 6.47. The molecule has 0 N–H and O–H groups in total. The van der Waals surface area contributed by atoms with Crippen molar-refractivity contribution in [1.29, 1.82) is 0 Å². The van der Waals surface area contributed by atoms with Gasteiger partial charge in [0.1, 0.15) is 0 Å². The maximum absolute atomic E-state index is 4.33. The standard InChI is InChI=1S/C5H12S4/c1-2-5(6)8-3-4-9-7/h5-7H,2-4H2,1H3. The first kappa shape index (κ1) is 10.4. The number of hydrogen-bond donors (Lipinski definition) is 2. The van der Waals surface area contributed by atoms with E-state index in [0.717, 1.165) is 17.9 Å². The van der Waals surface area contributed by atoms with Crippen LogP contribution < -0.4 is 0 Å². The van der Waals surface area contributed by atoms with Crippen molar-refractivity contribution in [3.8, 4) is 0 Å². The van der Waals surface area contributed by atoms with Crippen molar-refractivity contribution in [2.75, 3.05) is 11.5 Å². The van der Waals surface area contributed by atoms with Crippen molar-refractivity contribution >= 4 is 46.8 Å². The molecule has 1 unspecified atom stereocenters. The number of thioether (sulfide) groups is 1. The summed E-state index contributed by atoms with van der Waals surface area (Å²) in [6, 6.07) is 0. The summed E-state index contributed by atoms with van der Waals surface area (Å²) in [6.07, 6.45) is 1.14. The summed E-state index contributed by atoms with van der Waals surface area (Å²) < 4.78 is 0.519. The summed E-state index contributed by atoms with van der Waals surface area (Å²) in [5.41, 5.74) is 0. The van der Waals surface area contributed by atoms with Crippen molar-refractivity contribution in [2.45, 2.75) is 17.9 Å². The molecule has 4 heteroatoms. The molecule has 56 valence electrons. The van der Waals surface area contributed by atoms with Gasteiger partial charge in [0.05, 0.1) is 0 Å². The van der Waals surface area contributed by atoms with Gasteiger partial charge in [-0.1, -0.05) is 17.7 Å². The lowest BCUT2D eigenvalue weighted by Gasteiger charge is -2.04. The Kier molecular flexibility index (Phi) is 8.67. The van der Waals surface area contributed by atoms with Crippen LogP contribution in [0.4, 0.5) is 0 Å². The molecule has 0 nitrogen and oxygen atoms in total. The first-order chi connectivity index (χ1) is 4.31. The zero-order valence-corrected chi connectivity index (χ0v) is 8.83. The van der Waals surface area contributed by atoms with Crippen LogP contribution in [0.15, 0.2) is 0 Å². The Balaban J connectivity index is 2.88. The Morgan fingerprint density at radius 2 is 2.11 bits per heavy atom. The number of rotatable bonds is 5. The summed E-state index contributed by atoms with van der Waals surface area (Å²) in [4.78, 5) is 0. The second kappa shape index (κ2) is 7.51. The Morgan fingerprint density at radius 3 is 2.56 bits per heavy atom. The van der Waals surface area contributed by atoms with E-state index in [1.165, 1.54) is 0 Å². The molecule has 0 rings (SSSR count). The van der Waals surface area contributed by atoms with Gasteiger partial charge in [0.25, 0.3) is 0 Å². The van der Waals surface area contributed by atoms with Crippen molar-refractivity contribution in [3.05, 3.63) is 0 Å². The van der Waals surface area contributed by atoms with E-state index < -0.39 is 0 Å². The van der Waals surface area contributed by atoms with Gasteiger partial charge in [0, 0.05) is 16.1 Å². The molecule has 0 saturated carbocycles. The molecule has 0 aromatic rings. The van der Waals surface area contributed by atoms with Crippen LogP contribution in [0.5, 0.6) is 0 Å². The van der Waals surface area contributed by atoms with Crippen LogP contribution in [0.25, 0.3) is 0 Å². The van der Waals surface area contributed by atoms with Crippen LogP contribution in [-0.2, 0) is 0 Å². The van der Waals surface area contributed by atoms with Gasteiger partial charge in [-0.15, -0.1) is 23.4 Å². The summed E-state index contributed by atoms with van der Waals surface area (Å²) in [7, 11) is 1.59. The molecule has 0 aliphatic carbocycles. The van der Waals surface area contributed by atoms with Crippen LogP contribution in [0.2, 0.25) is 0 Å². The molecule has 1 atom stereocenters. The molecule has 0 aromatic heterocycles. The van der Waals surface area contributed by atoms with Gasteiger partial charge >= 0.3 is 0 Å². The highest BCUT2D eigenvalue weighted by atomic mass is 33.1.